The molecule has 0 saturated carbocycles. The van der Waals surface area contributed by atoms with Crippen molar-refractivity contribution in [2.75, 3.05) is 6.54 Å². The first kappa shape index (κ1) is 15.3. The summed E-state index contributed by atoms with van der Waals surface area (Å²) in [5.41, 5.74) is 2.04. The molecule has 2 heterocycles. The van der Waals surface area contributed by atoms with Crippen molar-refractivity contribution in [3.8, 4) is 0 Å². The summed E-state index contributed by atoms with van der Waals surface area (Å²) in [4.78, 5) is 2.51. The molecule has 2 saturated heterocycles. The minimum Gasteiger partial charge on any atom is -0.406 e. The third-order valence-corrected chi connectivity index (χ3v) is 4.86. The van der Waals surface area contributed by atoms with E-state index in [9.17, 15) is 0 Å². The normalized spacial score (nSPS) is 29.3. The fraction of sp³-hybridized carbons (Fsp3) is 0.368. The molecule has 0 aromatic heterocycles. The maximum absolute atomic E-state index is 6.63. The molecular weight excluding hydrogens is 269 g/mol. The number of hydrogen-bond acceptors (Lipinski definition) is 2. The van der Waals surface area contributed by atoms with E-state index in [4.69, 9.17) is 4.65 Å². The van der Waals surface area contributed by atoms with Crippen molar-refractivity contribution in [3.05, 3.63) is 72.4 Å². The summed E-state index contributed by atoms with van der Waals surface area (Å²) in [6.07, 6.45) is 10.6. The van der Waals surface area contributed by atoms with Crippen LogP contribution in [0.1, 0.15) is 25.3 Å². The zero-order chi connectivity index (χ0) is 15.6. The maximum Gasteiger partial charge on any atom is 0.380 e. The van der Waals surface area contributed by atoms with Gasteiger partial charge in [-0.15, -0.1) is 0 Å². The highest BCUT2D eigenvalue weighted by Gasteiger charge is 2.57. The molecule has 0 radical (unpaired) electrons. The zero-order valence-electron chi connectivity index (χ0n) is 13.5. The van der Waals surface area contributed by atoms with Crippen LogP contribution >= 0.6 is 0 Å². The van der Waals surface area contributed by atoms with Gasteiger partial charge >= 0.3 is 7.05 Å². The van der Waals surface area contributed by atoms with E-state index >= 15 is 0 Å². The summed E-state index contributed by atoms with van der Waals surface area (Å²) in [6, 6.07) is 11.0. The Morgan fingerprint density at radius 2 is 2.18 bits per heavy atom. The van der Waals surface area contributed by atoms with Crippen LogP contribution in [0, 0.1) is 0 Å². The Balaban J connectivity index is 2.19. The molecule has 22 heavy (non-hydrogen) atoms. The molecule has 3 heteroatoms. The average Bonchev–Trinajstić information content (AvgIpc) is 3.12. The first-order valence-electron chi connectivity index (χ1n) is 8.19. The molecule has 1 unspecified atom stereocenters. The van der Waals surface area contributed by atoms with Crippen molar-refractivity contribution in [2.45, 2.75) is 38.2 Å². The molecule has 0 amide bonds. The molecular formula is C19H24BNO. The minimum absolute atomic E-state index is 0.145. The number of allylic oxidation sites excluding steroid dienone is 3. The second kappa shape index (κ2) is 6.27. The summed E-state index contributed by atoms with van der Waals surface area (Å²) in [7, 11) is 0.145. The predicted molar refractivity (Wildman–Crippen MR) is 93.6 cm³/mol. The SMILES string of the molecule is C=C/C=C(\C=C/C)C1(c2ccccc2)OB(C)N2CCC[C@@H]21. The van der Waals surface area contributed by atoms with Crippen LogP contribution in [-0.4, -0.2) is 24.4 Å². The van der Waals surface area contributed by atoms with E-state index < -0.39 is 5.60 Å². The van der Waals surface area contributed by atoms with Crippen LogP contribution in [0.3, 0.4) is 0 Å². The van der Waals surface area contributed by atoms with Crippen LogP contribution in [0.25, 0.3) is 0 Å². The lowest BCUT2D eigenvalue weighted by atomic mass is 9.78. The first-order chi connectivity index (χ1) is 10.7. The van der Waals surface area contributed by atoms with Gasteiger partial charge in [-0.25, -0.2) is 0 Å². The van der Waals surface area contributed by atoms with Gasteiger partial charge in [-0.3, -0.25) is 0 Å². The van der Waals surface area contributed by atoms with Crippen molar-refractivity contribution < 1.29 is 4.65 Å². The maximum atomic E-state index is 6.63. The van der Waals surface area contributed by atoms with Gasteiger partial charge in [-0.1, -0.05) is 61.2 Å². The van der Waals surface area contributed by atoms with E-state index in [0.29, 0.717) is 6.04 Å². The van der Waals surface area contributed by atoms with Gasteiger partial charge < -0.3 is 9.47 Å². The lowest BCUT2D eigenvalue weighted by Gasteiger charge is -2.37. The fourth-order valence-electron chi connectivity index (χ4n) is 4.06. The second-order valence-corrected chi connectivity index (χ2v) is 6.07. The van der Waals surface area contributed by atoms with Crippen LogP contribution in [0.4, 0.5) is 0 Å². The van der Waals surface area contributed by atoms with Crippen LogP contribution in [0.5, 0.6) is 0 Å². The third kappa shape index (κ3) is 2.29. The predicted octanol–water partition coefficient (Wildman–Crippen LogP) is 4.18. The highest BCUT2D eigenvalue weighted by molar-refractivity contribution is 6.48. The van der Waals surface area contributed by atoms with Gasteiger partial charge in [-0.05, 0) is 44.3 Å². The lowest BCUT2D eigenvalue weighted by molar-refractivity contribution is 0.105. The highest BCUT2D eigenvalue weighted by Crippen LogP contribution is 2.49. The summed E-state index contributed by atoms with van der Waals surface area (Å²) in [6.45, 7) is 9.25. The fourth-order valence-corrected chi connectivity index (χ4v) is 4.06. The van der Waals surface area contributed by atoms with Crippen molar-refractivity contribution in [1.82, 2.24) is 4.81 Å². The number of benzene rings is 1. The van der Waals surface area contributed by atoms with Gasteiger partial charge in [0.1, 0.15) is 5.60 Å². The lowest BCUT2D eigenvalue weighted by Crippen LogP contribution is -2.41. The van der Waals surface area contributed by atoms with Gasteiger partial charge in [0, 0.05) is 6.04 Å². The van der Waals surface area contributed by atoms with Crippen molar-refractivity contribution >= 4 is 7.05 Å². The number of nitrogens with zero attached hydrogens (tertiary/aromatic N) is 1. The Kier molecular flexibility index (Phi) is 4.37. The van der Waals surface area contributed by atoms with Crippen molar-refractivity contribution in [2.24, 2.45) is 0 Å². The molecule has 3 rings (SSSR count). The molecule has 2 nitrogen and oxygen atoms in total. The summed E-state index contributed by atoms with van der Waals surface area (Å²) < 4.78 is 6.63. The molecule has 1 aromatic carbocycles. The molecule has 0 spiro atoms. The smallest absolute Gasteiger partial charge is 0.380 e. The van der Waals surface area contributed by atoms with E-state index in [1.165, 1.54) is 24.0 Å². The van der Waals surface area contributed by atoms with E-state index in [1.807, 2.05) is 6.08 Å². The number of rotatable bonds is 4. The van der Waals surface area contributed by atoms with Gasteiger partial charge in [0.05, 0.1) is 0 Å². The topological polar surface area (TPSA) is 12.5 Å². The van der Waals surface area contributed by atoms with E-state index in [0.717, 1.165) is 6.54 Å². The highest BCUT2D eigenvalue weighted by atomic mass is 16.5. The molecule has 0 aliphatic carbocycles. The first-order valence-corrected chi connectivity index (χ1v) is 8.19. The van der Waals surface area contributed by atoms with Crippen molar-refractivity contribution in [1.29, 1.82) is 0 Å². The molecule has 2 atom stereocenters. The third-order valence-electron chi connectivity index (χ3n) is 4.86. The van der Waals surface area contributed by atoms with Gasteiger partial charge in [0.2, 0.25) is 0 Å². The molecule has 114 valence electrons. The number of hydrogen-bond donors (Lipinski definition) is 0. The monoisotopic (exact) mass is 293 g/mol. The minimum atomic E-state index is -0.391. The number of fused-ring (bicyclic) bond motifs is 1. The Morgan fingerprint density at radius 1 is 1.41 bits per heavy atom. The second-order valence-electron chi connectivity index (χ2n) is 6.07. The summed E-state index contributed by atoms with van der Waals surface area (Å²) >= 11 is 0. The van der Waals surface area contributed by atoms with E-state index in [-0.39, 0.29) is 7.05 Å². The Morgan fingerprint density at radius 3 is 2.86 bits per heavy atom. The molecule has 0 bridgehead atoms. The molecule has 2 aliphatic heterocycles. The molecule has 2 aliphatic rings. The summed E-state index contributed by atoms with van der Waals surface area (Å²) in [5, 5.41) is 0. The van der Waals surface area contributed by atoms with E-state index in [1.54, 1.807) is 0 Å². The Bertz CT molecular complexity index is 595. The molecule has 2 fully saturated rings. The summed E-state index contributed by atoms with van der Waals surface area (Å²) in [5.74, 6) is 0. The quantitative estimate of drug-likeness (QED) is 0.610. The van der Waals surface area contributed by atoms with Gasteiger partial charge in [-0.2, -0.15) is 0 Å². The molecule has 0 N–H and O–H groups in total. The van der Waals surface area contributed by atoms with Crippen molar-refractivity contribution in [3.63, 3.8) is 0 Å². The Labute approximate surface area is 134 Å². The van der Waals surface area contributed by atoms with Gasteiger partial charge in [0.15, 0.2) is 0 Å². The Hall–Kier alpha value is -1.58. The van der Waals surface area contributed by atoms with Gasteiger partial charge in [0.25, 0.3) is 0 Å². The zero-order valence-corrected chi connectivity index (χ0v) is 13.5. The largest absolute Gasteiger partial charge is 0.406 e. The van der Waals surface area contributed by atoms with Crippen LogP contribution < -0.4 is 0 Å². The van der Waals surface area contributed by atoms with Crippen LogP contribution in [0.2, 0.25) is 6.82 Å². The van der Waals surface area contributed by atoms with Crippen LogP contribution in [0.15, 0.2) is 66.8 Å². The van der Waals surface area contributed by atoms with Crippen LogP contribution in [-0.2, 0) is 10.3 Å². The average molecular weight is 293 g/mol. The molecule has 1 aromatic rings. The van der Waals surface area contributed by atoms with E-state index in [2.05, 4.69) is 73.7 Å². The standard InChI is InChI=1S/C19H24BNO/c1-4-10-16(11-5-2)19(17-12-7-6-8-13-17)18-14-9-15-21(18)20(3)22-19/h4-8,10-13,18H,1,9,14-15H2,2-3H3/b11-5-,16-10+/t18-,19?/m1/s1.